The van der Waals surface area contributed by atoms with Gasteiger partial charge in [0.15, 0.2) is 5.79 Å². The van der Waals surface area contributed by atoms with Gasteiger partial charge in [0, 0.05) is 12.8 Å². The molecule has 4 nitrogen and oxygen atoms in total. The largest absolute Gasteiger partial charge is 0.411 e. The van der Waals surface area contributed by atoms with E-state index in [1.807, 2.05) is 0 Å². The summed E-state index contributed by atoms with van der Waals surface area (Å²) in [6.07, 6.45) is 3.33. The molecule has 3 aliphatic rings. The second-order valence-electron chi connectivity index (χ2n) is 6.11. The molecular formula is C16H19NO3. The van der Waals surface area contributed by atoms with Gasteiger partial charge < -0.3 is 14.7 Å². The molecule has 106 valence electrons. The number of hydrogen-bond acceptors (Lipinski definition) is 4. The average Bonchev–Trinajstić information content (AvgIpc) is 2.80. The van der Waals surface area contributed by atoms with Gasteiger partial charge in [-0.3, -0.25) is 0 Å². The predicted molar refractivity (Wildman–Crippen MR) is 74.2 cm³/mol. The van der Waals surface area contributed by atoms with Crippen molar-refractivity contribution >= 4 is 5.71 Å². The van der Waals surface area contributed by atoms with E-state index in [1.165, 1.54) is 11.1 Å². The number of rotatable bonds is 0. The molecule has 1 aromatic carbocycles. The summed E-state index contributed by atoms with van der Waals surface area (Å²) < 4.78 is 11.9. The molecule has 1 heterocycles. The standard InChI is InChI=1S/C16H19NO3/c18-17-13-7-11-9-16(19-5-6-20-16)10-12(8-13)15-4-2-1-3-14(11)15/h1-4,11-12,18H,5-10H2/t11-,12+. The summed E-state index contributed by atoms with van der Waals surface area (Å²) in [5.74, 6) is 0.223. The van der Waals surface area contributed by atoms with Gasteiger partial charge in [-0.2, -0.15) is 0 Å². The topological polar surface area (TPSA) is 51.1 Å². The summed E-state index contributed by atoms with van der Waals surface area (Å²) in [7, 11) is 0. The first-order valence-electron chi connectivity index (χ1n) is 7.36. The summed E-state index contributed by atoms with van der Waals surface area (Å²) in [5, 5.41) is 12.8. The second-order valence-corrected chi connectivity index (χ2v) is 6.11. The molecule has 0 unspecified atom stereocenters. The molecule has 0 aromatic heterocycles. The Morgan fingerprint density at radius 3 is 2.05 bits per heavy atom. The van der Waals surface area contributed by atoms with E-state index in [2.05, 4.69) is 29.4 Å². The van der Waals surface area contributed by atoms with E-state index in [0.29, 0.717) is 25.0 Å². The maximum atomic E-state index is 9.23. The number of benzene rings is 1. The first-order chi connectivity index (χ1) is 9.80. The lowest BCUT2D eigenvalue weighted by Crippen LogP contribution is -2.35. The minimum absolute atomic E-state index is 0.322. The van der Waals surface area contributed by atoms with Gasteiger partial charge >= 0.3 is 0 Å². The van der Waals surface area contributed by atoms with Crippen molar-refractivity contribution in [2.75, 3.05) is 13.2 Å². The van der Waals surface area contributed by atoms with Gasteiger partial charge in [-0.15, -0.1) is 0 Å². The average molecular weight is 273 g/mol. The first kappa shape index (κ1) is 12.4. The summed E-state index contributed by atoms with van der Waals surface area (Å²) in [5.41, 5.74) is 3.67. The van der Waals surface area contributed by atoms with E-state index in [9.17, 15) is 5.21 Å². The highest BCUT2D eigenvalue weighted by atomic mass is 16.7. The highest BCUT2D eigenvalue weighted by Gasteiger charge is 2.46. The Labute approximate surface area is 118 Å². The highest BCUT2D eigenvalue weighted by molar-refractivity contribution is 5.86. The first-order valence-corrected chi connectivity index (χ1v) is 7.36. The predicted octanol–water partition coefficient (Wildman–Crippen LogP) is 3.01. The van der Waals surface area contributed by atoms with Crippen LogP contribution >= 0.6 is 0 Å². The second kappa shape index (κ2) is 4.57. The third-order valence-electron chi connectivity index (χ3n) is 4.91. The lowest BCUT2D eigenvalue weighted by Gasteiger charge is -2.33. The quantitative estimate of drug-likeness (QED) is 0.584. The van der Waals surface area contributed by atoms with Crippen LogP contribution in [-0.4, -0.2) is 29.9 Å². The Kier molecular flexibility index (Phi) is 2.82. The molecule has 2 aliphatic carbocycles. The summed E-state index contributed by atoms with van der Waals surface area (Å²) in [6.45, 7) is 1.38. The van der Waals surface area contributed by atoms with Gasteiger partial charge in [0.25, 0.3) is 0 Å². The molecule has 1 N–H and O–H groups in total. The zero-order valence-corrected chi connectivity index (χ0v) is 11.4. The Morgan fingerprint density at radius 1 is 1.00 bits per heavy atom. The van der Waals surface area contributed by atoms with Crippen LogP contribution in [0.1, 0.15) is 48.6 Å². The van der Waals surface area contributed by atoms with Crippen LogP contribution in [0.25, 0.3) is 0 Å². The molecule has 20 heavy (non-hydrogen) atoms. The Balaban J connectivity index is 1.81. The van der Waals surface area contributed by atoms with Crippen molar-refractivity contribution in [1.82, 2.24) is 0 Å². The zero-order chi connectivity index (χ0) is 13.6. The smallest absolute Gasteiger partial charge is 0.169 e. The summed E-state index contributed by atoms with van der Waals surface area (Å²) in [4.78, 5) is 0. The molecule has 1 saturated heterocycles. The number of hydrogen-bond donors (Lipinski definition) is 1. The van der Waals surface area contributed by atoms with Crippen LogP contribution in [-0.2, 0) is 9.47 Å². The molecule has 1 aromatic rings. The van der Waals surface area contributed by atoms with Crippen LogP contribution in [0.2, 0.25) is 0 Å². The maximum Gasteiger partial charge on any atom is 0.169 e. The van der Waals surface area contributed by atoms with Crippen molar-refractivity contribution in [2.24, 2.45) is 5.16 Å². The molecule has 4 heteroatoms. The van der Waals surface area contributed by atoms with E-state index in [-0.39, 0.29) is 0 Å². The lowest BCUT2D eigenvalue weighted by molar-refractivity contribution is -0.172. The fourth-order valence-corrected chi connectivity index (χ4v) is 4.14. The third-order valence-corrected chi connectivity index (χ3v) is 4.91. The molecule has 2 bridgehead atoms. The van der Waals surface area contributed by atoms with Gasteiger partial charge in [-0.05, 0) is 35.8 Å². The van der Waals surface area contributed by atoms with Crippen molar-refractivity contribution in [3.8, 4) is 0 Å². The monoisotopic (exact) mass is 273 g/mol. The molecule has 0 amide bonds. The van der Waals surface area contributed by atoms with Gasteiger partial charge in [-0.1, -0.05) is 29.4 Å². The van der Waals surface area contributed by atoms with E-state index in [1.54, 1.807) is 0 Å². The normalized spacial score (nSPS) is 33.1. The molecule has 4 rings (SSSR count). The van der Waals surface area contributed by atoms with E-state index in [4.69, 9.17) is 9.47 Å². The molecule has 0 radical (unpaired) electrons. The van der Waals surface area contributed by atoms with Crippen molar-refractivity contribution < 1.29 is 14.7 Å². The van der Waals surface area contributed by atoms with Crippen molar-refractivity contribution in [2.45, 2.75) is 43.3 Å². The van der Waals surface area contributed by atoms with Crippen molar-refractivity contribution in [3.63, 3.8) is 0 Å². The number of nitrogens with zero attached hydrogens (tertiary/aromatic N) is 1. The summed E-state index contributed by atoms with van der Waals surface area (Å²) >= 11 is 0. The molecule has 2 atom stereocenters. The summed E-state index contributed by atoms with van der Waals surface area (Å²) in [6, 6.07) is 8.61. The minimum atomic E-state index is -0.421. The van der Waals surface area contributed by atoms with E-state index < -0.39 is 5.79 Å². The molecular weight excluding hydrogens is 254 g/mol. The maximum absolute atomic E-state index is 9.23. The van der Waals surface area contributed by atoms with Crippen LogP contribution < -0.4 is 0 Å². The Bertz CT molecular complexity index is 509. The van der Waals surface area contributed by atoms with Crippen LogP contribution in [0.3, 0.4) is 0 Å². The van der Waals surface area contributed by atoms with Crippen molar-refractivity contribution in [1.29, 1.82) is 0 Å². The van der Waals surface area contributed by atoms with Crippen LogP contribution in [0.4, 0.5) is 0 Å². The number of oxime groups is 1. The fraction of sp³-hybridized carbons (Fsp3) is 0.562. The van der Waals surface area contributed by atoms with E-state index >= 15 is 0 Å². The van der Waals surface area contributed by atoms with Gasteiger partial charge in [0.05, 0.1) is 18.9 Å². The number of ether oxygens (including phenoxy) is 2. The van der Waals surface area contributed by atoms with Crippen LogP contribution in [0, 0.1) is 0 Å². The van der Waals surface area contributed by atoms with Gasteiger partial charge in [0.1, 0.15) is 0 Å². The third kappa shape index (κ3) is 1.86. The SMILES string of the molecule is ON=C1C[C@@H]2CC3(C[C@H](C1)c1ccccc12)OCCO3. The van der Waals surface area contributed by atoms with Crippen LogP contribution in [0.5, 0.6) is 0 Å². The van der Waals surface area contributed by atoms with Crippen molar-refractivity contribution in [3.05, 3.63) is 35.4 Å². The van der Waals surface area contributed by atoms with E-state index in [0.717, 1.165) is 31.4 Å². The zero-order valence-electron chi connectivity index (χ0n) is 11.4. The van der Waals surface area contributed by atoms with Crippen LogP contribution in [0.15, 0.2) is 29.4 Å². The highest BCUT2D eigenvalue weighted by Crippen LogP contribution is 2.50. The van der Waals surface area contributed by atoms with Gasteiger partial charge in [-0.25, -0.2) is 0 Å². The molecule has 1 fully saturated rings. The molecule has 1 aliphatic heterocycles. The molecule has 1 spiro atoms. The Morgan fingerprint density at radius 2 is 1.55 bits per heavy atom. The minimum Gasteiger partial charge on any atom is -0.411 e. The fourth-order valence-electron chi connectivity index (χ4n) is 4.14. The Hall–Kier alpha value is -1.39. The lowest BCUT2D eigenvalue weighted by atomic mass is 9.85. The molecule has 0 saturated carbocycles. The van der Waals surface area contributed by atoms with Gasteiger partial charge in [0.2, 0.25) is 0 Å².